The Kier molecular flexibility index (Phi) is 19.1. The summed E-state index contributed by atoms with van der Waals surface area (Å²) in [4.78, 5) is 2.40. The molecule has 2 radical (unpaired) electrons. The summed E-state index contributed by atoms with van der Waals surface area (Å²) < 4.78 is 78.7. The number of thiocarbonyl (C=S) groups is 1. The van der Waals surface area contributed by atoms with Crippen molar-refractivity contribution < 1.29 is 41.2 Å². The monoisotopic (exact) mass is 853 g/mol. The Bertz CT molecular complexity index is 1730. The zero-order valence-corrected chi connectivity index (χ0v) is 36.4. The molecule has 1 heterocycles. The molecule has 2 unspecified atom stereocenters. The third-order valence-electron chi connectivity index (χ3n) is 9.96. The van der Waals surface area contributed by atoms with Gasteiger partial charge in [-0.1, -0.05) is 79.0 Å². The minimum absolute atomic E-state index is 0.0638. The molecular formula is C44H56BF3N3O6PS. The Morgan fingerprint density at radius 1 is 0.915 bits per heavy atom. The Labute approximate surface area is 356 Å². The van der Waals surface area contributed by atoms with Crippen LogP contribution in [0.1, 0.15) is 70.1 Å². The number of allylic oxidation sites excluding steroid dienone is 2. The molecule has 4 rings (SSSR count). The van der Waals surface area contributed by atoms with Gasteiger partial charge in [0.1, 0.15) is 37.7 Å². The summed E-state index contributed by atoms with van der Waals surface area (Å²) in [6.45, 7) is 16.3. The van der Waals surface area contributed by atoms with Crippen molar-refractivity contribution in [3.63, 3.8) is 0 Å². The van der Waals surface area contributed by atoms with Crippen LogP contribution in [0, 0.1) is 12.5 Å². The van der Waals surface area contributed by atoms with Gasteiger partial charge in [0.05, 0.1) is 26.9 Å². The van der Waals surface area contributed by atoms with Gasteiger partial charge in [0, 0.05) is 30.5 Å². The molecule has 0 bridgehead atoms. The lowest BCUT2D eigenvalue weighted by molar-refractivity contribution is -0.0717. The molecule has 318 valence electrons. The fourth-order valence-corrected chi connectivity index (χ4v) is 9.02. The maximum absolute atomic E-state index is 12.8. The molecule has 0 spiro atoms. The molecule has 1 aliphatic rings. The summed E-state index contributed by atoms with van der Waals surface area (Å²) >= 11 is 4.41. The lowest BCUT2D eigenvalue weighted by Gasteiger charge is -2.39. The number of halogens is 3. The van der Waals surface area contributed by atoms with E-state index in [2.05, 4.69) is 54.7 Å². The number of nitrogens with one attached hydrogen (secondary N) is 1. The van der Waals surface area contributed by atoms with Crippen LogP contribution < -0.4 is 14.8 Å². The molecule has 1 fully saturated rings. The Balaban J connectivity index is 1.69. The van der Waals surface area contributed by atoms with Crippen LogP contribution in [0.25, 0.3) is 4.85 Å². The molecule has 5 atom stereocenters. The van der Waals surface area contributed by atoms with Gasteiger partial charge in [0.25, 0.3) is 8.53 Å². The first-order valence-corrected chi connectivity index (χ1v) is 21.4. The maximum atomic E-state index is 12.8. The van der Waals surface area contributed by atoms with E-state index < -0.39 is 43.5 Å². The lowest BCUT2D eigenvalue weighted by Crippen LogP contribution is -2.41. The summed E-state index contributed by atoms with van der Waals surface area (Å²) in [7, 11) is 8.40. The number of nitrogens with zero attached hydrogens (tertiary/aromatic N) is 2. The fourth-order valence-electron chi connectivity index (χ4n) is 7.13. The molecular weight excluding hydrogens is 797 g/mol. The first-order valence-electron chi connectivity index (χ1n) is 19.9. The van der Waals surface area contributed by atoms with Gasteiger partial charge in [-0.15, -0.1) is 0 Å². The molecule has 15 heteroatoms. The van der Waals surface area contributed by atoms with E-state index in [1.165, 1.54) is 0 Å². The van der Waals surface area contributed by atoms with Gasteiger partial charge in [-0.05, 0) is 94.3 Å². The molecule has 3 aromatic rings. The van der Waals surface area contributed by atoms with E-state index in [9.17, 15) is 13.2 Å². The number of benzene rings is 3. The molecule has 59 heavy (non-hydrogen) atoms. The maximum Gasteiger partial charge on any atom is 0.441 e. The van der Waals surface area contributed by atoms with Gasteiger partial charge in [-0.3, -0.25) is 0 Å². The van der Waals surface area contributed by atoms with Gasteiger partial charge >= 0.3 is 6.18 Å². The molecule has 9 nitrogen and oxygen atoms in total. The van der Waals surface area contributed by atoms with E-state index in [1.54, 1.807) is 14.2 Å². The number of ether oxygens (including phenoxy) is 4. The Hall–Kier alpha value is -3.54. The summed E-state index contributed by atoms with van der Waals surface area (Å²) in [5, 5.41) is 2.28. The highest BCUT2D eigenvalue weighted by Gasteiger charge is 2.47. The topological polar surface area (TPSA) is 75.0 Å². The molecule has 0 aromatic heterocycles. The highest BCUT2D eigenvalue weighted by molar-refractivity contribution is 7.80. The van der Waals surface area contributed by atoms with Crippen LogP contribution in [0.4, 0.5) is 13.2 Å². The first kappa shape index (κ1) is 48.1. The van der Waals surface area contributed by atoms with Crippen LogP contribution in [-0.2, 0) is 24.1 Å². The van der Waals surface area contributed by atoms with Crippen molar-refractivity contribution in [1.29, 1.82) is 0 Å². The minimum atomic E-state index is -4.53. The van der Waals surface area contributed by atoms with E-state index in [0.29, 0.717) is 37.2 Å². The predicted octanol–water partition coefficient (Wildman–Crippen LogP) is 9.78. The van der Waals surface area contributed by atoms with Gasteiger partial charge in [0.15, 0.2) is 4.99 Å². The van der Waals surface area contributed by atoms with Gasteiger partial charge in [-0.2, -0.15) is 13.2 Å². The van der Waals surface area contributed by atoms with Gasteiger partial charge < -0.3 is 38.2 Å². The number of rotatable bonds is 23. The standard InChI is InChI=1S/C44H56BF3N3O6PS/c1-31(2)51(32(3)4)58(55-29-28-49-5)57-40-38(18-14-9-8-10-15-27-50-42(59)44(46,47)48)41(45)56-39(40)30-54-43(33-16-12-11-13-17-33,34-19-23-36(52-6)24-20-34)35-21-25-37(53-7)26-22-35/h9,11-14,16-17,19-26,31-32,38-41H,8,10,15,18,27-30H2,1-4,6-7H3,(H,50,59)/b14-9+/t38-,39+,40?,41+,58?/m0/s1. The van der Waals surface area contributed by atoms with Crippen molar-refractivity contribution >= 4 is 33.6 Å². The third kappa shape index (κ3) is 13.2. The Morgan fingerprint density at radius 2 is 1.49 bits per heavy atom. The third-order valence-corrected chi connectivity index (χ3v) is 12.5. The van der Waals surface area contributed by atoms with E-state index in [4.69, 9.17) is 42.4 Å². The van der Waals surface area contributed by atoms with Crippen molar-refractivity contribution in [2.45, 2.75) is 95.5 Å². The number of unbranched alkanes of at least 4 members (excludes halogenated alkanes) is 2. The first-order chi connectivity index (χ1) is 28.3. The van der Waals surface area contributed by atoms with Gasteiger partial charge in [0.2, 0.25) is 6.54 Å². The summed E-state index contributed by atoms with van der Waals surface area (Å²) in [5.74, 6) is 1.09. The van der Waals surface area contributed by atoms with Gasteiger partial charge in [-0.25, -0.2) is 11.2 Å². The summed E-state index contributed by atoms with van der Waals surface area (Å²) in [6.07, 6.45) is 0.641. The number of hydrogen-bond donors (Lipinski definition) is 1. The van der Waals surface area contributed by atoms with Crippen molar-refractivity contribution in [2.24, 2.45) is 5.92 Å². The smallest absolute Gasteiger partial charge is 0.441 e. The van der Waals surface area contributed by atoms with Crippen molar-refractivity contribution in [3.05, 3.63) is 119 Å². The fraction of sp³-hybridized carbons (Fsp3) is 0.500. The molecule has 0 amide bonds. The van der Waals surface area contributed by atoms with Crippen LogP contribution >= 0.6 is 20.7 Å². The highest BCUT2D eigenvalue weighted by atomic mass is 32.1. The summed E-state index contributed by atoms with van der Waals surface area (Å²) in [5.41, 5.74) is 1.49. The number of methoxy groups -OCH3 is 2. The van der Waals surface area contributed by atoms with Crippen molar-refractivity contribution in [1.82, 2.24) is 9.99 Å². The zero-order chi connectivity index (χ0) is 43.0. The molecule has 1 saturated heterocycles. The van der Waals surface area contributed by atoms with Crippen LogP contribution in [0.2, 0.25) is 0 Å². The van der Waals surface area contributed by atoms with Crippen molar-refractivity contribution in [2.75, 3.05) is 40.5 Å². The zero-order valence-electron chi connectivity index (χ0n) is 34.7. The molecule has 0 saturated carbocycles. The normalized spacial score (nSPS) is 19.0. The molecule has 1 aliphatic heterocycles. The second-order valence-corrected chi connectivity index (χ2v) is 16.5. The number of alkyl halides is 3. The van der Waals surface area contributed by atoms with Crippen LogP contribution in [0.3, 0.4) is 0 Å². The quantitative estimate of drug-likeness (QED) is 0.0191. The molecule has 1 N–H and O–H groups in total. The highest BCUT2D eigenvalue weighted by Crippen LogP contribution is 2.51. The largest absolute Gasteiger partial charge is 0.497 e. The summed E-state index contributed by atoms with van der Waals surface area (Å²) in [6, 6.07) is 25.0. The van der Waals surface area contributed by atoms with Crippen LogP contribution in [-0.4, -0.2) is 94.5 Å². The second kappa shape index (κ2) is 23.5. The average Bonchev–Trinajstić information content (AvgIpc) is 3.51. The Morgan fingerprint density at radius 3 is 2.02 bits per heavy atom. The SMILES string of the molecule is [B][C@@H]1O[C@H](COC(c2ccccc2)(c2ccc(OC)cc2)c2ccc(OC)cc2)C(OP(OCC[N+]#[C-])N(C(C)C)C(C)C)[C@@H]1C/C=C/CCCCNC(=S)C(F)(F)F. The molecule has 3 aromatic carbocycles. The minimum Gasteiger partial charge on any atom is -0.497 e. The second-order valence-electron chi connectivity index (χ2n) is 14.7. The lowest BCUT2D eigenvalue weighted by atomic mass is 9.79. The average molecular weight is 854 g/mol. The predicted molar refractivity (Wildman–Crippen MR) is 232 cm³/mol. The van der Waals surface area contributed by atoms with E-state index in [-0.39, 0.29) is 44.3 Å². The van der Waals surface area contributed by atoms with Crippen LogP contribution in [0.5, 0.6) is 11.5 Å². The molecule has 0 aliphatic carbocycles. The van der Waals surface area contributed by atoms with E-state index in [1.807, 2.05) is 91.0 Å². The van der Waals surface area contributed by atoms with E-state index >= 15 is 0 Å². The number of hydrogen-bond acceptors (Lipinski definition) is 8. The van der Waals surface area contributed by atoms with Crippen molar-refractivity contribution in [3.8, 4) is 11.5 Å². The van der Waals surface area contributed by atoms with E-state index in [0.717, 1.165) is 16.7 Å². The van der Waals surface area contributed by atoms with Crippen LogP contribution in [0.15, 0.2) is 91.0 Å².